The van der Waals surface area contributed by atoms with Gasteiger partial charge in [-0.15, -0.1) is 10.2 Å². The molecule has 0 spiro atoms. The lowest BCUT2D eigenvalue weighted by Gasteiger charge is -2.41. The molecule has 5 rings (SSSR count). The van der Waals surface area contributed by atoms with E-state index < -0.39 is 12.0 Å². The normalized spacial score (nSPS) is 21.6. The van der Waals surface area contributed by atoms with Crippen LogP contribution in [0.15, 0.2) is 36.4 Å². The number of likely N-dealkylation sites (tertiary alicyclic amines) is 1. The van der Waals surface area contributed by atoms with Gasteiger partial charge in [-0.3, -0.25) is 4.79 Å². The van der Waals surface area contributed by atoms with E-state index in [1.807, 2.05) is 11.8 Å². The molecule has 1 amide bonds. The highest BCUT2D eigenvalue weighted by atomic mass is 19.4. The fraction of sp³-hybridized carbons (Fsp3) is 0.500. The fourth-order valence-electron chi connectivity index (χ4n) is 5.63. The number of fused-ring (bicyclic) bond motifs is 1. The van der Waals surface area contributed by atoms with Crippen molar-refractivity contribution in [3.05, 3.63) is 58.8 Å². The van der Waals surface area contributed by atoms with E-state index in [-0.39, 0.29) is 43.2 Å². The van der Waals surface area contributed by atoms with Gasteiger partial charge in [0.25, 0.3) is 0 Å². The minimum atomic E-state index is -4.61. The first-order chi connectivity index (χ1) is 19.6. The Morgan fingerprint density at radius 1 is 1.24 bits per heavy atom. The van der Waals surface area contributed by atoms with E-state index in [0.29, 0.717) is 60.3 Å². The van der Waals surface area contributed by atoms with Crippen LogP contribution in [0.3, 0.4) is 0 Å². The molecule has 3 aliphatic rings. The molecule has 0 radical (unpaired) electrons. The maximum atomic E-state index is 13.5. The maximum Gasteiger partial charge on any atom is 0.451 e. The molecule has 2 aliphatic heterocycles. The number of nitrogens with zero attached hydrogens (tertiary/aromatic N) is 6. The molecule has 3 heterocycles. The summed E-state index contributed by atoms with van der Waals surface area (Å²) < 4.78 is 46.5. The third-order valence-corrected chi connectivity index (χ3v) is 8.02. The molecule has 0 bridgehead atoms. The second-order valence-electron chi connectivity index (χ2n) is 10.9. The molecule has 1 aromatic carbocycles. The van der Waals surface area contributed by atoms with Crippen LogP contribution in [0, 0.1) is 34.3 Å². The lowest BCUT2D eigenvalue weighted by Crippen LogP contribution is -2.70. The van der Waals surface area contributed by atoms with Crippen LogP contribution < -0.4 is 10.2 Å². The Kier molecular flexibility index (Phi) is 8.06. The second-order valence-corrected chi connectivity index (χ2v) is 10.9. The highest BCUT2D eigenvalue weighted by molar-refractivity contribution is 5.81. The van der Waals surface area contributed by atoms with Crippen molar-refractivity contribution >= 4 is 17.3 Å². The number of allylic oxidation sites excluding steroid dienone is 2. The lowest BCUT2D eigenvalue weighted by molar-refractivity contribution is -0.497. The van der Waals surface area contributed by atoms with Crippen LogP contribution >= 0.6 is 0 Å². The summed E-state index contributed by atoms with van der Waals surface area (Å²) in [5, 5.41) is 29.0. The number of piperidine rings is 1. The van der Waals surface area contributed by atoms with Crippen molar-refractivity contribution < 1.29 is 28.2 Å². The Morgan fingerprint density at radius 3 is 2.66 bits per heavy atom. The number of carbonyl (C=O) groups excluding carboxylic acids is 1. The van der Waals surface area contributed by atoms with Crippen molar-refractivity contribution in [2.45, 2.75) is 45.5 Å². The van der Waals surface area contributed by atoms with Crippen molar-refractivity contribution in [2.24, 2.45) is 17.8 Å². The number of nitriles is 1. The largest absolute Gasteiger partial charge is 0.630 e. The first-order valence-electron chi connectivity index (χ1n) is 13.7. The summed E-state index contributed by atoms with van der Waals surface area (Å²) in [5.74, 6) is -0.417. The molecule has 1 aliphatic carbocycles. The number of benzene rings is 1. The third-order valence-electron chi connectivity index (χ3n) is 8.02. The van der Waals surface area contributed by atoms with Gasteiger partial charge in [0, 0.05) is 38.2 Å². The van der Waals surface area contributed by atoms with Crippen molar-refractivity contribution in [3.8, 4) is 11.8 Å². The second kappa shape index (κ2) is 11.5. The zero-order chi connectivity index (χ0) is 29.3. The van der Waals surface area contributed by atoms with E-state index in [9.17, 15) is 28.4 Å². The first kappa shape index (κ1) is 28.6. The van der Waals surface area contributed by atoms with Crippen LogP contribution in [-0.2, 0) is 24.1 Å². The molecule has 2 fully saturated rings. The van der Waals surface area contributed by atoms with Crippen molar-refractivity contribution in [1.29, 1.82) is 5.26 Å². The number of nitrogens with two attached hydrogens (primary N) is 1. The van der Waals surface area contributed by atoms with Crippen LogP contribution in [-0.4, -0.2) is 56.7 Å². The number of hydrogen-bond donors (Lipinski definition) is 1. The number of halogens is 3. The standard InChI is InChI=1S/C28H32F3N7O3/c1-3-19(13-32)25(22-7-6-20(12-23(22)35-40)41-16-18-4-5-18)36-9-8-21(17(2)14-36)26(39)37-10-11-38-24(15-37)33-34-27(38)28(29,30)31/h3,6-7,12,17-18,21H,1,4-5,8-11,14-16,35H2,2H3/b25-19-/t17-,21+/m1/s1. The summed E-state index contributed by atoms with van der Waals surface area (Å²) in [4.78, 5) is 17.1. The molecular formula is C28H32F3N7O3. The van der Waals surface area contributed by atoms with Gasteiger partial charge in [0.15, 0.2) is 5.82 Å². The van der Waals surface area contributed by atoms with Crippen LogP contribution in [0.5, 0.6) is 5.75 Å². The number of alkyl halides is 3. The van der Waals surface area contributed by atoms with Gasteiger partial charge in [-0.2, -0.15) is 18.4 Å². The molecule has 2 atom stereocenters. The highest BCUT2D eigenvalue weighted by Crippen LogP contribution is 2.37. The monoisotopic (exact) mass is 571 g/mol. The molecule has 0 unspecified atom stereocenters. The number of hydrogen-bond acceptors (Lipinski definition) is 7. The van der Waals surface area contributed by atoms with Gasteiger partial charge in [0.2, 0.25) is 11.7 Å². The average molecular weight is 572 g/mol. The molecule has 41 heavy (non-hydrogen) atoms. The Bertz CT molecular complexity index is 1390. The predicted molar refractivity (Wildman–Crippen MR) is 142 cm³/mol. The molecule has 1 aromatic heterocycles. The zero-order valence-electron chi connectivity index (χ0n) is 22.7. The van der Waals surface area contributed by atoms with Crippen molar-refractivity contribution in [1.82, 2.24) is 24.6 Å². The topological polar surface area (TPSA) is 127 Å². The number of amides is 1. The van der Waals surface area contributed by atoms with Crippen LogP contribution in [0.2, 0.25) is 0 Å². The maximum absolute atomic E-state index is 13.5. The molecule has 1 saturated heterocycles. The smallest absolute Gasteiger partial charge is 0.451 e. The average Bonchev–Trinajstić information content (AvgIpc) is 3.69. The summed E-state index contributed by atoms with van der Waals surface area (Å²) in [7, 11) is 0. The van der Waals surface area contributed by atoms with Gasteiger partial charge >= 0.3 is 6.18 Å². The highest BCUT2D eigenvalue weighted by Gasteiger charge is 2.41. The zero-order valence-corrected chi connectivity index (χ0v) is 22.7. The van der Waals surface area contributed by atoms with Gasteiger partial charge in [-0.05, 0) is 49.3 Å². The SMILES string of the molecule is C=C/C(C#N)=C(\c1ccc(OCC2CC2)cc1[NH2+][O-])N1CC[C@H](C(=O)N2CCn3c(nnc3C(F)(F)F)C2)[C@H](C)C1. The summed E-state index contributed by atoms with van der Waals surface area (Å²) >= 11 is 0. The first-order valence-corrected chi connectivity index (χ1v) is 13.7. The van der Waals surface area contributed by atoms with Crippen molar-refractivity contribution in [2.75, 3.05) is 26.2 Å². The van der Waals surface area contributed by atoms with E-state index in [1.54, 1.807) is 23.1 Å². The minimum Gasteiger partial charge on any atom is -0.630 e. The Balaban J connectivity index is 1.32. The minimum absolute atomic E-state index is 0.0251. The molecule has 10 nitrogen and oxygen atoms in total. The molecule has 2 N–H and O–H groups in total. The summed E-state index contributed by atoms with van der Waals surface area (Å²) in [6.45, 7) is 7.30. The molecule has 218 valence electrons. The predicted octanol–water partition coefficient (Wildman–Crippen LogP) is 3.20. The molecular weight excluding hydrogens is 539 g/mol. The number of ether oxygens (including phenoxy) is 1. The van der Waals surface area contributed by atoms with Crippen LogP contribution in [0.25, 0.3) is 5.70 Å². The van der Waals surface area contributed by atoms with Gasteiger partial charge < -0.3 is 29.8 Å². The quantitative estimate of drug-likeness (QED) is 0.223. The summed E-state index contributed by atoms with van der Waals surface area (Å²) in [5.41, 5.74) is 2.61. The molecule has 13 heteroatoms. The number of aromatic nitrogens is 3. The van der Waals surface area contributed by atoms with E-state index in [2.05, 4.69) is 22.8 Å². The van der Waals surface area contributed by atoms with Gasteiger partial charge in [-0.25, -0.2) is 0 Å². The molecule has 1 saturated carbocycles. The number of carbonyl (C=O) groups is 1. The number of quaternary nitrogens is 1. The Labute approximate surface area is 235 Å². The van der Waals surface area contributed by atoms with Gasteiger partial charge in [-0.1, -0.05) is 13.5 Å². The van der Waals surface area contributed by atoms with E-state index in [1.165, 1.54) is 6.08 Å². The van der Waals surface area contributed by atoms with Gasteiger partial charge in [0.1, 0.15) is 17.5 Å². The molecule has 2 aromatic rings. The van der Waals surface area contributed by atoms with Crippen LogP contribution in [0.1, 0.15) is 43.4 Å². The van der Waals surface area contributed by atoms with E-state index in [4.69, 9.17) is 4.74 Å². The van der Waals surface area contributed by atoms with E-state index in [0.717, 1.165) is 22.9 Å². The van der Waals surface area contributed by atoms with Gasteiger partial charge in [0.05, 0.1) is 30.0 Å². The Morgan fingerprint density at radius 2 is 2.02 bits per heavy atom. The Hall–Kier alpha value is -3.89. The van der Waals surface area contributed by atoms with E-state index >= 15 is 0 Å². The number of rotatable bonds is 8. The van der Waals surface area contributed by atoms with Crippen LogP contribution in [0.4, 0.5) is 18.9 Å². The van der Waals surface area contributed by atoms with Crippen molar-refractivity contribution in [3.63, 3.8) is 0 Å². The lowest BCUT2D eigenvalue weighted by atomic mass is 9.84. The summed E-state index contributed by atoms with van der Waals surface area (Å²) in [6, 6.07) is 7.44. The fourth-order valence-corrected chi connectivity index (χ4v) is 5.63. The third kappa shape index (κ3) is 5.94. The summed E-state index contributed by atoms with van der Waals surface area (Å²) in [6.07, 6.45) is -0.389.